The van der Waals surface area contributed by atoms with Crippen molar-refractivity contribution in [3.05, 3.63) is 65.2 Å². The van der Waals surface area contributed by atoms with Gasteiger partial charge >= 0.3 is 0 Å². The zero-order valence-corrected chi connectivity index (χ0v) is 17.4. The van der Waals surface area contributed by atoms with Gasteiger partial charge in [-0.3, -0.25) is 4.79 Å². The number of fused-ring (bicyclic) bond motifs is 5. The van der Waals surface area contributed by atoms with Crippen molar-refractivity contribution in [1.82, 2.24) is 15.2 Å². The molecule has 0 saturated carbocycles. The first-order valence-electron chi connectivity index (χ1n) is 8.77. The number of hydrogen-bond donors (Lipinski definition) is 2. The molecule has 144 valence electrons. The number of thioether (sulfide) groups is 1. The van der Waals surface area contributed by atoms with Crippen LogP contribution in [-0.2, 0) is 10.5 Å². The Balaban J connectivity index is 1.73. The van der Waals surface area contributed by atoms with E-state index in [2.05, 4.69) is 48.3 Å². The van der Waals surface area contributed by atoms with Crippen LogP contribution in [0.25, 0.3) is 11.3 Å². The molecule has 0 unspecified atom stereocenters. The molecule has 9 heteroatoms. The Bertz CT molecular complexity index is 1170. The third-order valence-electron chi connectivity index (χ3n) is 4.64. The highest BCUT2D eigenvalue weighted by atomic mass is 79.9. The number of hydrogen-bond acceptors (Lipinski definition) is 7. The monoisotopic (exact) mass is 467 g/mol. The van der Waals surface area contributed by atoms with E-state index in [4.69, 9.17) is 4.74 Å². The van der Waals surface area contributed by atoms with Crippen LogP contribution >= 0.6 is 27.7 Å². The normalized spacial score (nSPS) is 18.6. The zero-order chi connectivity index (χ0) is 20.0. The van der Waals surface area contributed by atoms with Crippen LogP contribution in [0.2, 0.25) is 0 Å². The van der Waals surface area contributed by atoms with Gasteiger partial charge in [0.2, 0.25) is 11.0 Å². The van der Waals surface area contributed by atoms with E-state index in [0.29, 0.717) is 33.5 Å². The summed E-state index contributed by atoms with van der Waals surface area (Å²) in [5.41, 5.74) is 1.81. The maximum Gasteiger partial charge on any atom is 0.295 e. The second kappa shape index (κ2) is 6.85. The second-order valence-corrected chi connectivity index (χ2v) is 8.35. The van der Waals surface area contributed by atoms with Gasteiger partial charge in [0.05, 0.1) is 11.3 Å². The Morgan fingerprint density at radius 2 is 2.07 bits per heavy atom. The van der Waals surface area contributed by atoms with Gasteiger partial charge in [-0.15, -0.1) is 16.8 Å². The van der Waals surface area contributed by atoms with Gasteiger partial charge in [-0.2, -0.15) is 4.98 Å². The van der Waals surface area contributed by atoms with E-state index in [1.165, 1.54) is 11.8 Å². The first-order valence-corrected chi connectivity index (χ1v) is 10.5. The molecule has 5 rings (SSSR count). The van der Waals surface area contributed by atoms with Crippen molar-refractivity contribution in [2.24, 2.45) is 0 Å². The lowest BCUT2D eigenvalue weighted by Gasteiger charge is -2.28. The minimum atomic E-state index is -1.48. The predicted molar refractivity (Wildman–Crippen MR) is 115 cm³/mol. The fraction of sp³-hybridized carbons (Fsp3) is 0.100. The van der Waals surface area contributed by atoms with Crippen LogP contribution in [0.1, 0.15) is 5.56 Å². The number of aromatic nitrogens is 3. The highest BCUT2D eigenvalue weighted by molar-refractivity contribution is 9.10. The minimum absolute atomic E-state index is 0.243. The van der Waals surface area contributed by atoms with Crippen LogP contribution in [-0.4, -0.2) is 26.8 Å². The molecular weight excluding hydrogens is 454 g/mol. The van der Waals surface area contributed by atoms with E-state index >= 15 is 0 Å². The predicted octanol–water partition coefficient (Wildman–Crippen LogP) is 4.19. The van der Waals surface area contributed by atoms with Crippen molar-refractivity contribution in [2.45, 2.75) is 10.9 Å². The first kappa shape index (κ1) is 18.1. The summed E-state index contributed by atoms with van der Waals surface area (Å²) in [6, 6.07) is 13.1. The average molecular weight is 468 g/mol. The number of anilines is 2. The van der Waals surface area contributed by atoms with Gasteiger partial charge in [-0.1, -0.05) is 52.0 Å². The Morgan fingerprint density at radius 1 is 1.21 bits per heavy atom. The molecule has 1 amide bonds. The first-order chi connectivity index (χ1) is 14.1. The molecule has 0 fully saturated rings. The molecule has 0 aliphatic carbocycles. The number of amides is 1. The van der Waals surface area contributed by atoms with Crippen molar-refractivity contribution in [2.75, 3.05) is 16.4 Å². The molecule has 1 spiro atoms. The summed E-state index contributed by atoms with van der Waals surface area (Å²) >= 11 is 4.87. The molecule has 3 heterocycles. The molecule has 1 aromatic heterocycles. The van der Waals surface area contributed by atoms with E-state index < -0.39 is 5.72 Å². The molecule has 2 aliphatic heterocycles. The highest BCUT2D eigenvalue weighted by Crippen LogP contribution is 2.47. The molecule has 2 aromatic carbocycles. The molecule has 0 saturated heterocycles. The van der Waals surface area contributed by atoms with Gasteiger partial charge in [0.25, 0.3) is 11.6 Å². The molecule has 29 heavy (non-hydrogen) atoms. The Morgan fingerprint density at radius 3 is 2.93 bits per heavy atom. The highest BCUT2D eigenvalue weighted by Gasteiger charge is 2.52. The van der Waals surface area contributed by atoms with Gasteiger partial charge < -0.3 is 15.4 Å². The van der Waals surface area contributed by atoms with Crippen molar-refractivity contribution in [1.29, 1.82) is 0 Å². The van der Waals surface area contributed by atoms with Crippen LogP contribution in [0.5, 0.6) is 5.88 Å². The van der Waals surface area contributed by atoms with Crippen LogP contribution in [0.3, 0.4) is 0 Å². The Labute approximate surface area is 179 Å². The number of carbonyl (C=O) groups is 1. The maximum absolute atomic E-state index is 13.2. The molecule has 0 bridgehead atoms. The smallest absolute Gasteiger partial charge is 0.295 e. The lowest BCUT2D eigenvalue weighted by Crippen LogP contribution is -2.47. The maximum atomic E-state index is 13.2. The second-order valence-electron chi connectivity index (χ2n) is 6.45. The molecule has 0 radical (unpaired) electrons. The largest absolute Gasteiger partial charge is 0.435 e. The number of benzene rings is 2. The number of ether oxygens (including phenoxy) is 1. The third-order valence-corrected chi connectivity index (χ3v) is 5.96. The summed E-state index contributed by atoms with van der Waals surface area (Å²) in [7, 11) is 0. The number of para-hydroxylation sites is 1. The van der Waals surface area contributed by atoms with E-state index in [1.807, 2.05) is 42.5 Å². The van der Waals surface area contributed by atoms with E-state index in [9.17, 15) is 4.79 Å². The number of nitrogens with zero attached hydrogens (tertiary/aromatic N) is 3. The summed E-state index contributed by atoms with van der Waals surface area (Å²) in [6.45, 7) is 3.71. The number of rotatable bonds is 3. The number of carbonyl (C=O) groups excluding carboxylic acids is 1. The summed E-state index contributed by atoms with van der Waals surface area (Å²) in [6.07, 6.45) is 1.76. The van der Waals surface area contributed by atoms with Crippen LogP contribution in [0.4, 0.5) is 11.4 Å². The average Bonchev–Trinajstić information content (AvgIpc) is 2.89. The summed E-state index contributed by atoms with van der Waals surface area (Å²) in [4.78, 5) is 17.7. The van der Waals surface area contributed by atoms with Gasteiger partial charge in [-0.25, -0.2) is 0 Å². The van der Waals surface area contributed by atoms with Crippen molar-refractivity contribution >= 4 is 45.0 Å². The molecule has 1 atom stereocenters. The van der Waals surface area contributed by atoms with Gasteiger partial charge in [0.15, 0.2) is 5.69 Å². The van der Waals surface area contributed by atoms with Crippen molar-refractivity contribution in [3.8, 4) is 17.1 Å². The lowest BCUT2D eigenvalue weighted by molar-refractivity contribution is -0.128. The van der Waals surface area contributed by atoms with Crippen molar-refractivity contribution in [3.63, 3.8) is 0 Å². The SMILES string of the molecule is C=CCSc1nnc2c(n1)O[C@]1(Nc3ccccc3-2)C(=O)Nc2ccc(Br)cc21. The Hall–Kier alpha value is -2.91. The molecule has 7 nitrogen and oxygen atoms in total. The number of nitrogens with one attached hydrogen (secondary N) is 2. The molecule has 3 aromatic rings. The number of halogens is 1. The van der Waals surface area contributed by atoms with Crippen LogP contribution < -0.4 is 15.4 Å². The van der Waals surface area contributed by atoms with Crippen molar-refractivity contribution < 1.29 is 9.53 Å². The molecule has 2 aliphatic rings. The van der Waals surface area contributed by atoms with E-state index in [-0.39, 0.29) is 11.8 Å². The zero-order valence-electron chi connectivity index (χ0n) is 15.0. The Kier molecular flexibility index (Phi) is 4.29. The van der Waals surface area contributed by atoms with Gasteiger partial charge in [-0.05, 0) is 24.3 Å². The van der Waals surface area contributed by atoms with Gasteiger partial charge in [0, 0.05) is 21.5 Å². The lowest BCUT2D eigenvalue weighted by atomic mass is 10.0. The third kappa shape index (κ3) is 2.89. The summed E-state index contributed by atoms with van der Waals surface area (Å²) in [5.74, 6) is 0.552. The fourth-order valence-corrected chi connectivity index (χ4v) is 4.24. The summed E-state index contributed by atoms with van der Waals surface area (Å²) in [5, 5.41) is 15.2. The standard InChI is InChI=1S/C20H14BrN5O2S/c1-2-9-29-19-23-17-16(25-26-19)12-5-3-4-6-14(12)24-20(28-17)13-10-11(21)7-8-15(13)22-18(20)27/h2-8,10,24H,1,9H2,(H,22,27)/t20-/m0/s1. The topological polar surface area (TPSA) is 89.0 Å². The fourth-order valence-electron chi connectivity index (χ4n) is 3.37. The molecule has 2 N–H and O–H groups in total. The van der Waals surface area contributed by atoms with E-state index in [1.54, 1.807) is 6.08 Å². The van der Waals surface area contributed by atoms with Crippen LogP contribution in [0.15, 0.2) is 64.7 Å². The quantitative estimate of drug-likeness (QED) is 0.440. The summed E-state index contributed by atoms with van der Waals surface area (Å²) < 4.78 is 7.14. The minimum Gasteiger partial charge on any atom is -0.435 e. The van der Waals surface area contributed by atoms with Gasteiger partial charge in [0.1, 0.15) is 0 Å². The molecular formula is C20H14BrN5O2S. The van der Waals surface area contributed by atoms with Crippen LogP contribution in [0, 0.1) is 0 Å². The van der Waals surface area contributed by atoms with E-state index in [0.717, 1.165) is 10.0 Å².